The molecule has 0 radical (unpaired) electrons. The molecule has 1 aromatic carbocycles. The van der Waals surface area contributed by atoms with E-state index in [1.54, 1.807) is 16.8 Å². The van der Waals surface area contributed by atoms with Gasteiger partial charge in [0, 0.05) is 12.6 Å². The Kier molecular flexibility index (Phi) is 4.83. The first-order chi connectivity index (χ1) is 12.7. The maximum absolute atomic E-state index is 12.6. The third-order valence-corrected chi connectivity index (χ3v) is 5.22. The van der Waals surface area contributed by atoms with Gasteiger partial charge in [0.25, 0.3) is 5.56 Å². The molecule has 0 amide bonds. The van der Waals surface area contributed by atoms with Crippen LogP contribution in [-0.2, 0) is 24.1 Å². The highest BCUT2D eigenvalue weighted by atomic mass is 16.5. The zero-order valence-electron chi connectivity index (χ0n) is 14.6. The summed E-state index contributed by atoms with van der Waals surface area (Å²) in [6.07, 6.45) is 4.17. The lowest BCUT2D eigenvalue weighted by Crippen LogP contribution is -2.41. The Hall–Kier alpha value is -2.49. The van der Waals surface area contributed by atoms with Gasteiger partial charge in [0.1, 0.15) is 0 Å². The van der Waals surface area contributed by atoms with Gasteiger partial charge in [0.2, 0.25) is 0 Å². The molecule has 0 bridgehead atoms. The first kappa shape index (κ1) is 17.0. The second kappa shape index (κ2) is 7.40. The van der Waals surface area contributed by atoms with Crippen molar-refractivity contribution in [3.63, 3.8) is 0 Å². The third kappa shape index (κ3) is 3.41. The van der Waals surface area contributed by atoms with Crippen LogP contribution in [0.4, 0.5) is 0 Å². The topological polar surface area (TPSA) is 79.9 Å². The van der Waals surface area contributed by atoms with Crippen LogP contribution < -0.4 is 10.9 Å². The summed E-state index contributed by atoms with van der Waals surface area (Å²) in [5.41, 5.74) is 3.81. The lowest BCUT2D eigenvalue weighted by molar-refractivity contribution is 0.180. The summed E-state index contributed by atoms with van der Waals surface area (Å²) in [6, 6.07) is 11.4. The van der Waals surface area contributed by atoms with Gasteiger partial charge < -0.3 is 10.1 Å². The monoisotopic (exact) mass is 350 g/mol. The number of rotatable bonds is 4. The van der Waals surface area contributed by atoms with E-state index >= 15 is 0 Å². The molecule has 0 spiro atoms. The summed E-state index contributed by atoms with van der Waals surface area (Å²) in [5.74, 6) is 0. The van der Waals surface area contributed by atoms with E-state index in [4.69, 9.17) is 10.00 Å². The smallest absolute Gasteiger partial charge is 0.267 e. The summed E-state index contributed by atoms with van der Waals surface area (Å²) >= 11 is 0. The Morgan fingerprint density at radius 3 is 3.04 bits per heavy atom. The quantitative estimate of drug-likeness (QED) is 0.908. The zero-order chi connectivity index (χ0) is 17.9. The van der Waals surface area contributed by atoms with Crippen LogP contribution in [-0.4, -0.2) is 29.0 Å². The third-order valence-electron chi connectivity index (χ3n) is 5.22. The van der Waals surface area contributed by atoms with Crippen LogP contribution in [0.1, 0.15) is 41.3 Å². The predicted octanol–water partition coefficient (Wildman–Crippen LogP) is 1.72. The van der Waals surface area contributed by atoms with Crippen molar-refractivity contribution in [2.24, 2.45) is 0 Å². The normalized spacial score (nSPS) is 22.0. The minimum Gasteiger partial charge on any atom is -0.377 e. The van der Waals surface area contributed by atoms with E-state index in [9.17, 15) is 4.79 Å². The van der Waals surface area contributed by atoms with Gasteiger partial charge in [-0.2, -0.15) is 10.4 Å². The molecule has 2 unspecified atom stereocenters. The molecular formula is C20H22N4O2. The van der Waals surface area contributed by atoms with E-state index in [1.165, 1.54) is 0 Å². The Morgan fingerprint density at radius 1 is 1.27 bits per heavy atom. The predicted molar refractivity (Wildman–Crippen MR) is 96.8 cm³/mol. The van der Waals surface area contributed by atoms with Crippen LogP contribution in [0.3, 0.4) is 0 Å². The van der Waals surface area contributed by atoms with Crippen LogP contribution in [0.2, 0.25) is 0 Å². The van der Waals surface area contributed by atoms with Crippen LogP contribution in [0.25, 0.3) is 0 Å². The van der Waals surface area contributed by atoms with Gasteiger partial charge in [-0.1, -0.05) is 12.1 Å². The second-order valence-corrected chi connectivity index (χ2v) is 7.01. The van der Waals surface area contributed by atoms with E-state index in [2.05, 4.69) is 16.5 Å². The lowest BCUT2D eigenvalue weighted by Gasteiger charge is -2.23. The highest BCUT2D eigenvalue weighted by molar-refractivity contribution is 5.32. The maximum Gasteiger partial charge on any atom is 0.267 e. The van der Waals surface area contributed by atoms with E-state index in [0.717, 1.165) is 42.5 Å². The molecule has 2 aliphatic rings. The fourth-order valence-electron chi connectivity index (χ4n) is 3.79. The lowest BCUT2D eigenvalue weighted by atomic mass is 9.97. The molecular weight excluding hydrogens is 328 g/mol. The molecule has 2 aromatic rings. The summed E-state index contributed by atoms with van der Waals surface area (Å²) in [6.45, 7) is 1.66. The second-order valence-electron chi connectivity index (χ2n) is 7.01. The van der Waals surface area contributed by atoms with Crippen molar-refractivity contribution < 1.29 is 4.74 Å². The zero-order valence-corrected chi connectivity index (χ0v) is 14.6. The minimum absolute atomic E-state index is 0.0209. The highest BCUT2D eigenvalue weighted by Crippen LogP contribution is 2.21. The van der Waals surface area contributed by atoms with Crippen LogP contribution in [0.5, 0.6) is 0 Å². The van der Waals surface area contributed by atoms with Gasteiger partial charge in [-0.05, 0) is 48.9 Å². The maximum atomic E-state index is 12.6. The number of nitrogens with one attached hydrogen (secondary N) is 1. The molecule has 1 N–H and O–H groups in total. The molecule has 2 heterocycles. The molecule has 4 rings (SSSR count). The van der Waals surface area contributed by atoms with Crippen molar-refractivity contribution in [1.82, 2.24) is 15.1 Å². The largest absolute Gasteiger partial charge is 0.377 e. The molecule has 1 aliphatic heterocycles. The SMILES string of the molecule is N#Cc1cccc(CNC2COCC2n2nc3c(cc2=O)CCCC3)c1. The molecule has 26 heavy (non-hydrogen) atoms. The van der Waals surface area contributed by atoms with Gasteiger partial charge >= 0.3 is 0 Å². The number of hydrogen-bond donors (Lipinski definition) is 1. The molecule has 6 heteroatoms. The molecule has 1 saturated heterocycles. The van der Waals surface area contributed by atoms with Crippen molar-refractivity contribution in [3.05, 3.63) is 63.1 Å². The van der Waals surface area contributed by atoms with Crippen molar-refractivity contribution in [3.8, 4) is 6.07 Å². The fourth-order valence-corrected chi connectivity index (χ4v) is 3.79. The number of nitrogens with zero attached hydrogens (tertiary/aromatic N) is 3. The van der Waals surface area contributed by atoms with E-state index in [1.807, 2.05) is 18.2 Å². The highest BCUT2D eigenvalue weighted by Gasteiger charge is 2.31. The van der Waals surface area contributed by atoms with Crippen molar-refractivity contribution in [2.45, 2.75) is 44.3 Å². The van der Waals surface area contributed by atoms with Gasteiger partial charge in [0.05, 0.1) is 42.6 Å². The number of nitriles is 1. The summed E-state index contributed by atoms with van der Waals surface area (Å²) < 4.78 is 7.25. The molecule has 1 fully saturated rings. The number of aryl methyl sites for hydroxylation is 2. The molecule has 1 aromatic heterocycles. The average molecular weight is 350 g/mol. The van der Waals surface area contributed by atoms with Gasteiger partial charge in [-0.15, -0.1) is 0 Å². The number of ether oxygens (including phenoxy) is 1. The van der Waals surface area contributed by atoms with Crippen molar-refractivity contribution in [1.29, 1.82) is 5.26 Å². The van der Waals surface area contributed by atoms with Gasteiger partial charge in [-0.25, -0.2) is 4.68 Å². The van der Waals surface area contributed by atoms with Crippen molar-refractivity contribution in [2.75, 3.05) is 13.2 Å². The number of aromatic nitrogens is 2. The summed E-state index contributed by atoms with van der Waals surface area (Å²) in [7, 11) is 0. The van der Waals surface area contributed by atoms with E-state index in [-0.39, 0.29) is 17.6 Å². The molecule has 0 saturated carbocycles. The first-order valence-corrected chi connectivity index (χ1v) is 9.16. The van der Waals surface area contributed by atoms with Crippen LogP contribution >= 0.6 is 0 Å². The van der Waals surface area contributed by atoms with Gasteiger partial charge in [-0.3, -0.25) is 4.79 Å². The summed E-state index contributed by atoms with van der Waals surface area (Å²) in [4.78, 5) is 12.6. The van der Waals surface area contributed by atoms with E-state index in [0.29, 0.717) is 25.3 Å². The Labute approximate surface area is 152 Å². The number of benzene rings is 1. The Morgan fingerprint density at radius 2 is 2.15 bits per heavy atom. The fraction of sp³-hybridized carbons (Fsp3) is 0.450. The average Bonchev–Trinajstić information content (AvgIpc) is 3.14. The molecule has 134 valence electrons. The summed E-state index contributed by atoms with van der Waals surface area (Å²) in [5, 5.41) is 17.2. The minimum atomic E-state index is -0.103. The number of fused-ring (bicyclic) bond motifs is 1. The Bertz CT molecular complexity index is 899. The van der Waals surface area contributed by atoms with Crippen molar-refractivity contribution >= 4 is 0 Å². The molecule has 6 nitrogen and oxygen atoms in total. The standard InChI is InChI=1S/C20H22N4O2/c21-10-14-4-3-5-15(8-14)11-22-18-12-26-13-19(18)24-20(25)9-16-6-1-2-7-17(16)23-24/h3-5,8-9,18-19,22H,1-2,6-7,11-13H2. The Balaban J connectivity index is 1.51. The van der Waals surface area contributed by atoms with E-state index < -0.39 is 0 Å². The van der Waals surface area contributed by atoms with Crippen LogP contribution in [0, 0.1) is 11.3 Å². The van der Waals surface area contributed by atoms with Gasteiger partial charge in [0.15, 0.2) is 0 Å². The number of hydrogen-bond acceptors (Lipinski definition) is 5. The molecule has 1 aliphatic carbocycles. The first-order valence-electron chi connectivity index (χ1n) is 9.16. The van der Waals surface area contributed by atoms with Crippen LogP contribution in [0.15, 0.2) is 35.1 Å². The molecule has 2 atom stereocenters.